The summed E-state index contributed by atoms with van der Waals surface area (Å²) in [6.45, 7) is 12.1. The van der Waals surface area contributed by atoms with Crippen molar-refractivity contribution in [2.45, 2.75) is 111 Å². The highest BCUT2D eigenvalue weighted by Crippen LogP contribution is 2.19. The lowest BCUT2D eigenvalue weighted by atomic mass is 9.98. The molecule has 0 aliphatic carbocycles. The van der Waals surface area contributed by atoms with E-state index in [0.717, 1.165) is 19.3 Å². The molecule has 0 aromatic heterocycles. The second kappa shape index (κ2) is 17.7. The average Bonchev–Trinajstić information content (AvgIpc) is 2.74. The summed E-state index contributed by atoms with van der Waals surface area (Å²) in [6, 6.07) is -1.42. The average molecular weight is 471 g/mol. The molecule has 7 nitrogen and oxygen atoms in total. The van der Waals surface area contributed by atoms with Gasteiger partial charge in [-0.2, -0.15) is 0 Å². The molecule has 0 bridgehead atoms. The van der Waals surface area contributed by atoms with E-state index in [1.165, 1.54) is 48.3 Å². The van der Waals surface area contributed by atoms with Gasteiger partial charge in [0.1, 0.15) is 12.1 Å². The van der Waals surface area contributed by atoms with E-state index in [0.29, 0.717) is 6.61 Å². The number of esters is 1. The molecule has 0 saturated heterocycles. The lowest BCUT2D eigenvalue weighted by Gasteiger charge is -2.36. The molecule has 2 unspecified atom stereocenters. The number of carbonyl (C=O) groups excluding carboxylic acids is 3. The van der Waals surface area contributed by atoms with Gasteiger partial charge in [0.05, 0.1) is 13.2 Å². The van der Waals surface area contributed by atoms with Crippen LogP contribution in [0.15, 0.2) is 0 Å². The number of carbonyl (C=O) groups is 3. The van der Waals surface area contributed by atoms with E-state index >= 15 is 0 Å². The highest BCUT2D eigenvalue weighted by Gasteiger charge is 2.38. The molecule has 0 saturated carbocycles. The molecule has 0 N–H and O–H groups in total. The lowest BCUT2D eigenvalue weighted by molar-refractivity contribution is -0.158. The van der Waals surface area contributed by atoms with E-state index in [4.69, 9.17) is 9.47 Å². The standard InChI is InChI=1S/C26H50N2O5/c1-9-11-12-13-14-15-16-17-18-19-33-25(30)23(21(5)6)27(7)24(29)22(20(3)4)28(8)26(31)32-10-2/h20-23H,9-19H2,1-8H3. The summed E-state index contributed by atoms with van der Waals surface area (Å²) in [5.74, 6) is -0.934. The Hall–Kier alpha value is -1.79. The van der Waals surface area contributed by atoms with Gasteiger partial charge >= 0.3 is 12.1 Å². The molecule has 0 spiro atoms. The molecule has 0 rings (SSSR count). The molecular weight excluding hydrogens is 420 g/mol. The Morgan fingerprint density at radius 2 is 1.15 bits per heavy atom. The van der Waals surface area contributed by atoms with Crippen molar-refractivity contribution in [2.75, 3.05) is 27.3 Å². The van der Waals surface area contributed by atoms with Crippen molar-refractivity contribution in [3.8, 4) is 0 Å². The smallest absolute Gasteiger partial charge is 0.410 e. The van der Waals surface area contributed by atoms with Crippen LogP contribution in [0.4, 0.5) is 4.79 Å². The molecule has 0 aromatic carbocycles. The number of nitrogens with zero attached hydrogens (tertiary/aromatic N) is 2. The fourth-order valence-corrected chi connectivity index (χ4v) is 4.13. The van der Waals surface area contributed by atoms with E-state index in [2.05, 4.69) is 6.92 Å². The number of amides is 2. The van der Waals surface area contributed by atoms with Crippen molar-refractivity contribution < 1.29 is 23.9 Å². The molecule has 33 heavy (non-hydrogen) atoms. The Bertz CT molecular complexity index is 565. The van der Waals surface area contributed by atoms with Gasteiger partial charge < -0.3 is 14.4 Å². The Morgan fingerprint density at radius 1 is 0.667 bits per heavy atom. The minimum Gasteiger partial charge on any atom is -0.464 e. The molecule has 2 atom stereocenters. The van der Waals surface area contributed by atoms with Crippen LogP contribution in [0.2, 0.25) is 0 Å². The zero-order valence-electron chi connectivity index (χ0n) is 22.5. The first-order valence-electron chi connectivity index (χ1n) is 12.9. The number of ether oxygens (including phenoxy) is 2. The van der Waals surface area contributed by atoms with Crippen LogP contribution in [0.3, 0.4) is 0 Å². The van der Waals surface area contributed by atoms with Crippen LogP contribution in [0.25, 0.3) is 0 Å². The highest BCUT2D eigenvalue weighted by molar-refractivity contribution is 5.89. The molecule has 0 aliphatic rings. The summed E-state index contributed by atoms with van der Waals surface area (Å²) in [7, 11) is 3.17. The van der Waals surface area contributed by atoms with Crippen LogP contribution >= 0.6 is 0 Å². The highest BCUT2D eigenvalue weighted by atomic mass is 16.6. The van der Waals surface area contributed by atoms with E-state index in [9.17, 15) is 14.4 Å². The minimum absolute atomic E-state index is 0.115. The predicted octanol–water partition coefficient (Wildman–Crippen LogP) is 5.66. The Kier molecular flexibility index (Phi) is 16.7. The fourth-order valence-electron chi connectivity index (χ4n) is 4.13. The maximum Gasteiger partial charge on any atom is 0.410 e. The van der Waals surface area contributed by atoms with Gasteiger partial charge in [0.2, 0.25) is 5.91 Å². The molecule has 7 heteroatoms. The predicted molar refractivity (Wildman–Crippen MR) is 133 cm³/mol. The van der Waals surface area contributed by atoms with Crippen LogP contribution in [0.1, 0.15) is 99.3 Å². The van der Waals surface area contributed by atoms with E-state index in [-0.39, 0.29) is 30.3 Å². The van der Waals surface area contributed by atoms with Crippen LogP contribution < -0.4 is 0 Å². The van der Waals surface area contributed by atoms with Crippen LogP contribution in [0, 0.1) is 11.8 Å². The van der Waals surface area contributed by atoms with Crippen LogP contribution in [-0.2, 0) is 19.1 Å². The quantitative estimate of drug-likeness (QED) is 0.203. The third-order valence-electron chi connectivity index (χ3n) is 5.99. The minimum atomic E-state index is -0.722. The fraction of sp³-hybridized carbons (Fsp3) is 0.885. The summed E-state index contributed by atoms with van der Waals surface area (Å²) in [6.07, 6.45) is 10.2. The molecule has 194 valence electrons. The van der Waals surface area contributed by atoms with E-state index < -0.39 is 18.2 Å². The van der Waals surface area contributed by atoms with Crippen molar-refractivity contribution in [3.63, 3.8) is 0 Å². The first kappa shape index (κ1) is 31.2. The molecule has 0 aliphatic heterocycles. The molecule has 0 fully saturated rings. The largest absolute Gasteiger partial charge is 0.464 e. The summed E-state index contributed by atoms with van der Waals surface area (Å²) >= 11 is 0. The second-order valence-electron chi connectivity index (χ2n) is 9.63. The van der Waals surface area contributed by atoms with Gasteiger partial charge in [-0.3, -0.25) is 9.69 Å². The first-order valence-corrected chi connectivity index (χ1v) is 12.9. The number of hydrogen-bond donors (Lipinski definition) is 0. The van der Waals surface area contributed by atoms with Crippen molar-refractivity contribution in [2.24, 2.45) is 11.8 Å². The lowest BCUT2D eigenvalue weighted by Crippen LogP contribution is -2.56. The zero-order valence-corrected chi connectivity index (χ0v) is 22.5. The molecule has 0 aromatic rings. The number of unbranched alkanes of at least 4 members (excludes halogenated alkanes) is 8. The van der Waals surface area contributed by atoms with Crippen LogP contribution in [0.5, 0.6) is 0 Å². The third kappa shape index (κ3) is 11.8. The number of rotatable bonds is 17. The first-order chi connectivity index (χ1) is 15.6. The monoisotopic (exact) mass is 470 g/mol. The molecule has 2 amide bonds. The summed E-state index contributed by atoms with van der Waals surface area (Å²) in [5, 5.41) is 0. The Labute approximate surface area is 202 Å². The van der Waals surface area contributed by atoms with E-state index in [1.54, 1.807) is 21.0 Å². The molecular formula is C26H50N2O5. The normalized spacial score (nSPS) is 13.0. The van der Waals surface area contributed by atoms with Crippen LogP contribution in [-0.4, -0.2) is 67.2 Å². The van der Waals surface area contributed by atoms with Gasteiger partial charge in [-0.05, 0) is 25.2 Å². The summed E-state index contributed by atoms with van der Waals surface area (Å²) < 4.78 is 10.6. The second-order valence-corrected chi connectivity index (χ2v) is 9.63. The van der Waals surface area contributed by atoms with Crippen molar-refractivity contribution >= 4 is 18.0 Å². The van der Waals surface area contributed by atoms with Crippen molar-refractivity contribution in [1.29, 1.82) is 0 Å². The maximum atomic E-state index is 13.3. The van der Waals surface area contributed by atoms with Gasteiger partial charge in [-0.15, -0.1) is 0 Å². The Balaban J connectivity index is 4.76. The Morgan fingerprint density at radius 3 is 1.61 bits per heavy atom. The maximum absolute atomic E-state index is 13.3. The van der Waals surface area contributed by atoms with Gasteiger partial charge in [0.25, 0.3) is 0 Å². The van der Waals surface area contributed by atoms with Gasteiger partial charge in [0.15, 0.2) is 0 Å². The number of hydrogen-bond acceptors (Lipinski definition) is 5. The third-order valence-corrected chi connectivity index (χ3v) is 5.99. The summed E-state index contributed by atoms with van der Waals surface area (Å²) in [4.78, 5) is 41.1. The van der Waals surface area contributed by atoms with E-state index in [1.807, 2.05) is 27.7 Å². The molecule has 0 radical (unpaired) electrons. The van der Waals surface area contributed by atoms with Gasteiger partial charge in [-0.1, -0.05) is 86.0 Å². The summed E-state index contributed by atoms with van der Waals surface area (Å²) in [5.41, 5.74) is 0. The topological polar surface area (TPSA) is 76.2 Å². The molecule has 0 heterocycles. The zero-order chi connectivity index (χ0) is 25.4. The van der Waals surface area contributed by atoms with Gasteiger partial charge in [0, 0.05) is 14.1 Å². The SMILES string of the molecule is CCCCCCCCCCCOC(=O)C(C(C)C)N(C)C(=O)C(C(C)C)N(C)C(=O)OCC. The van der Waals surface area contributed by atoms with Crippen molar-refractivity contribution in [3.05, 3.63) is 0 Å². The number of likely N-dealkylation sites (N-methyl/N-ethyl adjacent to an activating group) is 2. The van der Waals surface area contributed by atoms with Crippen molar-refractivity contribution in [1.82, 2.24) is 9.80 Å². The van der Waals surface area contributed by atoms with Gasteiger partial charge in [-0.25, -0.2) is 9.59 Å².